The summed E-state index contributed by atoms with van der Waals surface area (Å²) in [4.78, 5) is 21.7. The van der Waals surface area contributed by atoms with Crippen LogP contribution in [0.2, 0.25) is 0 Å². The molecule has 0 spiro atoms. The molecule has 4 aromatic rings. The Bertz CT molecular complexity index is 1220. The van der Waals surface area contributed by atoms with Crippen LogP contribution in [0.4, 0.5) is 5.69 Å². The molecule has 1 aliphatic rings. The number of imidazole rings is 1. The first kappa shape index (κ1) is 17.9. The van der Waals surface area contributed by atoms with Gasteiger partial charge in [0.2, 0.25) is 0 Å². The van der Waals surface area contributed by atoms with Gasteiger partial charge in [0.1, 0.15) is 10.6 Å². The van der Waals surface area contributed by atoms with Crippen molar-refractivity contribution in [1.29, 1.82) is 0 Å². The molecular formula is C23H21N3O2S. The van der Waals surface area contributed by atoms with Gasteiger partial charge < -0.3 is 9.64 Å². The van der Waals surface area contributed by atoms with Gasteiger partial charge in [-0.15, -0.1) is 0 Å². The van der Waals surface area contributed by atoms with Gasteiger partial charge in [0.25, 0.3) is 5.91 Å². The first-order valence-corrected chi connectivity index (χ1v) is 10.4. The molecule has 1 unspecified atom stereocenters. The van der Waals surface area contributed by atoms with Gasteiger partial charge in [-0.3, -0.25) is 9.20 Å². The highest BCUT2D eigenvalue weighted by Gasteiger charge is 2.33. The van der Waals surface area contributed by atoms with Crippen LogP contribution in [0.25, 0.3) is 16.2 Å². The highest BCUT2D eigenvalue weighted by Crippen LogP contribution is 2.35. The van der Waals surface area contributed by atoms with Crippen molar-refractivity contribution in [2.24, 2.45) is 0 Å². The number of aromatic nitrogens is 2. The molecule has 0 aliphatic carbocycles. The third-order valence-corrected chi connectivity index (χ3v) is 6.71. The Morgan fingerprint density at radius 2 is 1.93 bits per heavy atom. The van der Waals surface area contributed by atoms with Gasteiger partial charge in [0.15, 0.2) is 4.96 Å². The van der Waals surface area contributed by atoms with E-state index in [1.165, 1.54) is 16.9 Å². The maximum Gasteiger partial charge on any atom is 0.270 e. The van der Waals surface area contributed by atoms with Crippen molar-refractivity contribution in [1.82, 2.24) is 9.38 Å². The lowest BCUT2D eigenvalue weighted by molar-refractivity contribution is 0.0984. The van der Waals surface area contributed by atoms with Crippen molar-refractivity contribution in [2.45, 2.75) is 26.3 Å². The number of anilines is 1. The molecule has 5 nitrogen and oxygen atoms in total. The summed E-state index contributed by atoms with van der Waals surface area (Å²) in [7, 11) is 1.66. The molecule has 2 aromatic carbocycles. The van der Waals surface area contributed by atoms with Crippen LogP contribution in [0.5, 0.6) is 5.75 Å². The Hall–Kier alpha value is -3.12. The van der Waals surface area contributed by atoms with Crippen LogP contribution >= 0.6 is 11.3 Å². The number of para-hydroxylation sites is 1. The molecule has 1 aliphatic heterocycles. The summed E-state index contributed by atoms with van der Waals surface area (Å²) in [5.74, 6) is 0.875. The molecule has 0 saturated carbocycles. The molecule has 3 heterocycles. The molecular weight excluding hydrogens is 382 g/mol. The van der Waals surface area contributed by atoms with Crippen molar-refractivity contribution < 1.29 is 9.53 Å². The van der Waals surface area contributed by atoms with Crippen LogP contribution < -0.4 is 9.64 Å². The zero-order valence-corrected chi connectivity index (χ0v) is 17.4. The van der Waals surface area contributed by atoms with Crippen molar-refractivity contribution in [2.75, 3.05) is 12.0 Å². The van der Waals surface area contributed by atoms with Crippen LogP contribution in [-0.2, 0) is 6.42 Å². The number of thiazole rings is 1. The maximum absolute atomic E-state index is 13.4. The molecule has 2 aromatic heterocycles. The summed E-state index contributed by atoms with van der Waals surface area (Å²) in [6.07, 6.45) is 2.90. The van der Waals surface area contributed by atoms with Gasteiger partial charge in [-0.25, -0.2) is 4.98 Å². The second-order valence-corrected chi connectivity index (χ2v) is 8.36. The van der Waals surface area contributed by atoms with Crippen LogP contribution in [0.1, 0.15) is 27.9 Å². The maximum atomic E-state index is 13.4. The van der Waals surface area contributed by atoms with E-state index < -0.39 is 0 Å². The lowest BCUT2D eigenvalue weighted by atomic mass is 10.1. The number of benzene rings is 2. The predicted octanol–water partition coefficient (Wildman–Crippen LogP) is 4.97. The van der Waals surface area contributed by atoms with Crippen LogP contribution in [0, 0.1) is 6.92 Å². The topological polar surface area (TPSA) is 46.8 Å². The minimum atomic E-state index is 0.0569. The smallest absolute Gasteiger partial charge is 0.270 e. The van der Waals surface area contributed by atoms with E-state index in [-0.39, 0.29) is 11.9 Å². The summed E-state index contributed by atoms with van der Waals surface area (Å²) >= 11 is 1.45. The minimum Gasteiger partial charge on any atom is -0.497 e. The molecule has 0 N–H and O–H groups in total. The highest BCUT2D eigenvalue weighted by molar-refractivity contribution is 7.19. The standard InChI is InChI=1S/C23H21N3O2S/c1-14-12-17-6-4-5-7-20(17)26(14)22(27)21-15(2)25-13-19(24-23(25)29-21)16-8-10-18(28-3)11-9-16/h4-11,13-14H,12H2,1-3H3. The summed E-state index contributed by atoms with van der Waals surface area (Å²) < 4.78 is 7.24. The molecule has 5 rings (SSSR count). The van der Waals surface area contributed by atoms with E-state index in [0.717, 1.165) is 44.6 Å². The van der Waals surface area contributed by atoms with Crippen LogP contribution in [-0.4, -0.2) is 28.4 Å². The van der Waals surface area contributed by atoms with Crippen LogP contribution in [0.15, 0.2) is 54.7 Å². The minimum absolute atomic E-state index is 0.0569. The van der Waals surface area contributed by atoms with E-state index in [1.54, 1.807) is 7.11 Å². The summed E-state index contributed by atoms with van der Waals surface area (Å²) in [6, 6.07) is 16.2. The molecule has 0 saturated heterocycles. The lowest BCUT2D eigenvalue weighted by Gasteiger charge is -2.22. The lowest BCUT2D eigenvalue weighted by Crippen LogP contribution is -2.35. The Kier molecular flexibility index (Phi) is 4.17. The third kappa shape index (κ3) is 2.83. The number of methoxy groups -OCH3 is 1. The zero-order chi connectivity index (χ0) is 20.1. The fourth-order valence-electron chi connectivity index (χ4n) is 4.03. The van der Waals surface area contributed by atoms with Crippen molar-refractivity contribution in [3.05, 3.63) is 70.9 Å². The molecule has 29 heavy (non-hydrogen) atoms. The number of carbonyl (C=O) groups is 1. The number of fused-ring (bicyclic) bond motifs is 2. The Morgan fingerprint density at radius 3 is 2.66 bits per heavy atom. The average Bonchev–Trinajstić information content (AvgIpc) is 3.39. The number of ether oxygens (including phenoxy) is 1. The van der Waals surface area contributed by atoms with Gasteiger partial charge in [-0.05, 0) is 56.2 Å². The SMILES string of the molecule is COc1ccc(-c2cn3c(C)c(C(=O)N4c5ccccc5CC4C)sc3n2)cc1. The second kappa shape index (κ2) is 6.74. The molecule has 0 bridgehead atoms. The largest absolute Gasteiger partial charge is 0.497 e. The predicted molar refractivity (Wildman–Crippen MR) is 116 cm³/mol. The molecule has 0 fully saturated rings. The molecule has 146 valence electrons. The summed E-state index contributed by atoms with van der Waals surface area (Å²) in [5, 5.41) is 0. The number of hydrogen-bond acceptors (Lipinski definition) is 4. The number of rotatable bonds is 3. The number of hydrogen-bond donors (Lipinski definition) is 0. The molecule has 1 amide bonds. The Morgan fingerprint density at radius 1 is 1.17 bits per heavy atom. The van der Waals surface area contributed by atoms with Gasteiger partial charge in [0.05, 0.1) is 12.8 Å². The number of nitrogens with zero attached hydrogens (tertiary/aromatic N) is 3. The average molecular weight is 404 g/mol. The van der Waals surface area contributed by atoms with E-state index in [1.807, 2.05) is 64.9 Å². The first-order valence-electron chi connectivity index (χ1n) is 9.61. The van der Waals surface area contributed by atoms with Crippen molar-refractivity contribution in [3.63, 3.8) is 0 Å². The number of aryl methyl sites for hydroxylation is 1. The Labute approximate surface area is 173 Å². The summed E-state index contributed by atoms with van der Waals surface area (Å²) in [6.45, 7) is 4.09. The van der Waals surface area contributed by atoms with Crippen molar-refractivity contribution in [3.8, 4) is 17.0 Å². The number of carbonyl (C=O) groups excluding carboxylic acids is 1. The molecule has 0 radical (unpaired) electrons. The fourth-order valence-corrected chi connectivity index (χ4v) is 5.08. The molecule has 1 atom stereocenters. The zero-order valence-electron chi connectivity index (χ0n) is 16.5. The van der Waals surface area contributed by atoms with Gasteiger partial charge >= 0.3 is 0 Å². The van der Waals surface area contributed by atoms with Gasteiger partial charge in [0, 0.05) is 29.2 Å². The van der Waals surface area contributed by atoms with Crippen LogP contribution in [0.3, 0.4) is 0 Å². The number of amides is 1. The third-order valence-electron chi connectivity index (χ3n) is 5.56. The van der Waals surface area contributed by atoms with E-state index in [9.17, 15) is 4.79 Å². The Balaban J connectivity index is 1.51. The van der Waals surface area contributed by atoms with Crippen molar-refractivity contribution >= 4 is 27.9 Å². The normalized spacial score (nSPS) is 15.7. The molecule has 6 heteroatoms. The van der Waals surface area contributed by atoms with Gasteiger partial charge in [-0.1, -0.05) is 29.5 Å². The quantitative estimate of drug-likeness (QED) is 0.485. The van der Waals surface area contributed by atoms with E-state index >= 15 is 0 Å². The van der Waals surface area contributed by atoms with E-state index in [0.29, 0.717) is 0 Å². The summed E-state index contributed by atoms with van der Waals surface area (Å²) in [5.41, 5.74) is 5.10. The highest BCUT2D eigenvalue weighted by atomic mass is 32.1. The van der Waals surface area contributed by atoms with E-state index in [4.69, 9.17) is 9.72 Å². The second-order valence-electron chi connectivity index (χ2n) is 7.38. The van der Waals surface area contributed by atoms with Gasteiger partial charge in [-0.2, -0.15) is 0 Å². The fraction of sp³-hybridized carbons (Fsp3) is 0.217. The van der Waals surface area contributed by atoms with E-state index in [2.05, 4.69) is 13.0 Å². The first-order chi connectivity index (χ1) is 14.1. The monoisotopic (exact) mass is 403 g/mol.